The van der Waals surface area contributed by atoms with E-state index in [1.165, 1.54) is 13.4 Å². The smallest absolute Gasteiger partial charge is 0.314 e. The average Bonchev–Trinajstić information content (AvgIpc) is 2.72. The van der Waals surface area contributed by atoms with Crippen LogP contribution in [-0.4, -0.2) is 48.0 Å². The number of imidazole rings is 1. The number of piperazine rings is 1. The Bertz CT molecular complexity index is 850. The zero-order valence-corrected chi connectivity index (χ0v) is 14.1. The lowest BCUT2D eigenvalue weighted by atomic mass is 10.3. The molecule has 1 saturated heterocycles. The molecule has 0 saturated carbocycles. The van der Waals surface area contributed by atoms with E-state index < -0.39 is 10.0 Å². The minimum atomic E-state index is -3.51. The highest BCUT2D eigenvalue weighted by atomic mass is 35.5. The van der Waals surface area contributed by atoms with Gasteiger partial charge in [0, 0.05) is 40.3 Å². The second kappa shape index (κ2) is 6.04. The van der Waals surface area contributed by atoms with Crippen molar-refractivity contribution in [3.8, 4) is 0 Å². The van der Waals surface area contributed by atoms with Gasteiger partial charge in [-0.05, 0) is 18.2 Å². The van der Waals surface area contributed by atoms with E-state index >= 15 is 0 Å². The first kappa shape index (κ1) is 17.0. The van der Waals surface area contributed by atoms with Gasteiger partial charge in [0.25, 0.3) is 0 Å². The van der Waals surface area contributed by atoms with Crippen LogP contribution < -0.4 is 11.0 Å². The molecule has 0 aliphatic carbocycles. The summed E-state index contributed by atoms with van der Waals surface area (Å²) < 4.78 is 29.7. The Morgan fingerprint density at radius 2 is 1.64 bits per heavy atom. The fourth-order valence-electron chi connectivity index (χ4n) is 2.68. The lowest BCUT2D eigenvalue weighted by Crippen LogP contribution is -2.46. The SMILES string of the molecule is Cl.Cn1c(=O)n(C)c2cc(S(=O)(=O)N3CCNCC3)ccc21. The van der Waals surface area contributed by atoms with Gasteiger partial charge in [0.1, 0.15) is 0 Å². The Morgan fingerprint density at radius 1 is 1.05 bits per heavy atom. The van der Waals surface area contributed by atoms with Crippen LogP contribution in [0, 0.1) is 0 Å². The maximum atomic E-state index is 12.6. The normalized spacial score (nSPS) is 16.6. The molecule has 9 heteroatoms. The Balaban J connectivity index is 0.00000176. The molecule has 122 valence electrons. The van der Waals surface area contributed by atoms with Crippen LogP contribution in [0.4, 0.5) is 0 Å². The Labute approximate surface area is 135 Å². The summed E-state index contributed by atoms with van der Waals surface area (Å²) in [6.07, 6.45) is 0. The molecule has 2 heterocycles. The van der Waals surface area contributed by atoms with E-state index in [4.69, 9.17) is 0 Å². The topological polar surface area (TPSA) is 76.3 Å². The van der Waals surface area contributed by atoms with E-state index in [0.717, 1.165) is 5.52 Å². The van der Waals surface area contributed by atoms with Gasteiger partial charge in [0.15, 0.2) is 0 Å². The number of sulfonamides is 1. The molecule has 0 unspecified atom stereocenters. The van der Waals surface area contributed by atoms with Gasteiger partial charge >= 0.3 is 5.69 Å². The van der Waals surface area contributed by atoms with Gasteiger partial charge < -0.3 is 5.32 Å². The van der Waals surface area contributed by atoms with E-state index in [2.05, 4.69) is 5.32 Å². The van der Waals surface area contributed by atoms with Crippen LogP contribution in [0.25, 0.3) is 11.0 Å². The first-order chi connectivity index (χ1) is 9.93. The number of aryl methyl sites for hydroxylation is 2. The minimum Gasteiger partial charge on any atom is -0.314 e. The molecular weight excluding hydrogens is 328 g/mol. The van der Waals surface area contributed by atoms with E-state index in [1.807, 2.05) is 0 Å². The van der Waals surface area contributed by atoms with Crippen LogP contribution >= 0.6 is 12.4 Å². The summed E-state index contributed by atoms with van der Waals surface area (Å²) in [5.41, 5.74) is 1.18. The average molecular weight is 347 g/mol. The summed E-state index contributed by atoms with van der Waals surface area (Å²) in [6, 6.07) is 4.83. The summed E-state index contributed by atoms with van der Waals surface area (Å²) in [5, 5.41) is 3.13. The first-order valence-corrected chi connectivity index (χ1v) is 8.23. The third-order valence-corrected chi connectivity index (χ3v) is 5.85. The summed E-state index contributed by atoms with van der Waals surface area (Å²) in [6.45, 7) is 2.25. The molecule has 3 rings (SSSR count). The van der Waals surface area contributed by atoms with Gasteiger partial charge in [-0.1, -0.05) is 0 Å². The Hall–Kier alpha value is -1.35. The summed E-state index contributed by atoms with van der Waals surface area (Å²) in [4.78, 5) is 12.1. The van der Waals surface area contributed by atoms with Gasteiger partial charge in [-0.25, -0.2) is 13.2 Å². The van der Waals surface area contributed by atoms with Crippen LogP contribution in [0.2, 0.25) is 0 Å². The van der Waals surface area contributed by atoms with E-state index in [0.29, 0.717) is 31.7 Å². The zero-order valence-electron chi connectivity index (χ0n) is 12.4. The van der Waals surface area contributed by atoms with Gasteiger partial charge in [0.05, 0.1) is 15.9 Å². The molecule has 0 atom stereocenters. The van der Waals surface area contributed by atoms with Crippen LogP contribution in [0.15, 0.2) is 27.9 Å². The molecule has 22 heavy (non-hydrogen) atoms. The molecule has 0 bridgehead atoms. The van der Waals surface area contributed by atoms with E-state index in [1.54, 1.807) is 32.3 Å². The number of fused-ring (bicyclic) bond motifs is 1. The lowest BCUT2D eigenvalue weighted by Gasteiger charge is -2.26. The standard InChI is InChI=1S/C13H18N4O3S.ClH/c1-15-11-4-3-10(9-12(11)16(2)13(15)18)21(19,20)17-7-5-14-6-8-17;/h3-4,9,14H,5-8H2,1-2H3;1H. The second-order valence-corrected chi connectivity index (χ2v) is 7.14. The Kier molecular flexibility index (Phi) is 4.67. The molecule has 1 aliphatic heterocycles. The number of hydrogen-bond acceptors (Lipinski definition) is 4. The monoisotopic (exact) mass is 346 g/mol. The quantitative estimate of drug-likeness (QED) is 0.823. The molecule has 1 aliphatic rings. The number of halogens is 1. The van der Waals surface area contributed by atoms with E-state index in [-0.39, 0.29) is 23.0 Å². The molecule has 1 fully saturated rings. The van der Waals surface area contributed by atoms with Crippen LogP contribution in [0.5, 0.6) is 0 Å². The molecule has 0 spiro atoms. The van der Waals surface area contributed by atoms with Crippen molar-refractivity contribution < 1.29 is 8.42 Å². The molecule has 0 amide bonds. The highest BCUT2D eigenvalue weighted by Crippen LogP contribution is 2.21. The Morgan fingerprint density at radius 3 is 2.27 bits per heavy atom. The van der Waals surface area contributed by atoms with Crippen molar-refractivity contribution in [2.24, 2.45) is 14.1 Å². The fraction of sp³-hybridized carbons (Fsp3) is 0.462. The maximum absolute atomic E-state index is 12.6. The summed E-state index contributed by atoms with van der Waals surface area (Å²) in [7, 11) is -0.185. The van der Waals surface area contributed by atoms with Crippen molar-refractivity contribution in [2.75, 3.05) is 26.2 Å². The first-order valence-electron chi connectivity index (χ1n) is 6.79. The molecule has 7 nitrogen and oxygen atoms in total. The van der Waals surface area contributed by atoms with Gasteiger partial charge in [-0.3, -0.25) is 9.13 Å². The molecule has 2 aromatic rings. The van der Waals surface area contributed by atoms with Crippen molar-refractivity contribution in [2.45, 2.75) is 4.90 Å². The highest BCUT2D eigenvalue weighted by Gasteiger charge is 2.26. The number of hydrogen-bond donors (Lipinski definition) is 1. The molecule has 0 radical (unpaired) electrons. The van der Waals surface area contributed by atoms with Gasteiger partial charge in [-0.2, -0.15) is 4.31 Å². The predicted octanol–water partition coefficient (Wildman–Crippen LogP) is -0.107. The number of nitrogens with one attached hydrogen (secondary N) is 1. The van der Waals surface area contributed by atoms with Gasteiger partial charge in [0.2, 0.25) is 10.0 Å². The third kappa shape index (κ3) is 2.56. The van der Waals surface area contributed by atoms with Crippen LogP contribution in [0.3, 0.4) is 0 Å². The molecule has 1 N–H and O–H groups in total. The lowest BCUT2D eigenvalue weighted by molar-refractivity contribution is 0.360. The molecular formula is C13H19ClN4O3S. The summed E-state index contributed by atoms with van der Waals surface area (Å²) >= 11 is 0. The van der Waals surface area contributed by atoms with Crippen molar-refractivity contribution in [3.63, 3.8) is 0 Å². The van der Waals surface area contributed by atoms with E-state index in [9.17, 15) is 13.2 Å². The predicted molar refractivity (Wildman–Crippen MR) is 87.0 cm³/mol. The van der Waals surface area contributed by atoms with Crippen LogP contribution in [-0.2, 0) is 24.1 Å². The fourth-order valence-corrected chi connectivity index (χ4v) is 4.14. The number of nitrogens with zero attached hydrogens (tertiary/aromatic N) is 3. The highest BCUT2D eigenvalue weighted by molar-refractivity contribution is 7.89. The largest absolute Gasteiger partial charge is 0.328 e. The second-order valence-electron chi connectivity index (χ2n) is 5.21. The minimum absolute atomic E-state index is 0. The third-order valence-electron chi connectivity index (χ3n) is 3.96. The van der Waals surface area contributed by atoms with Gasteiger partial charge in [-0.15, -0.1) is 12.4 Å². The molecule has 1 aromatic carbocycles. The van der Waals surface area contributed by atoms with Crippen LogP contribution in [0.1, 0.15) is 0 Å². The number of rotatable bonds is 2. The summed E-state index contributed by atoms with van der Waals surface area (Å²) in [5.74, 6) is 0. The maximum Gasteiger partial charge on any atom is 0.328 e. The zero-order chi connectivity index (χ0) is 15.2. The molecule has 1 aromatic heterocycles. The van der Waals surface area contributed by atoms with Crippen molar-refractivity contribution >= 4 is 33.5 Å². The number of aromatic nitrogens is 2. The number of benzene rings is 1. The van der Waals surface area contributed by atoms with Crippen molar-refractivity contribution in [1.82, 2.24) is 18.8 Å². The van der Waals surface area contributed by atoms with Crippen molar-refractivity contribution in [3.05, 3.63) is 28.7 Å². The van der Waals surface area contributed by atoms with Crippen molar-refractivity contribution in [1.29, 1.82) is 0 Å².